The third kappa shape index (κ3) is 11.2. The molecule has 0 N–H and O–H groups in total. The molecule has 2 heterocycles. The van der Waals surface area contributed by atoms with Crippen LogP contribution in [0.4, 0.5) is 0 Å². The molecule has 0 unspecified atom stereocenters. The average molecular weight is 577 g/mol. The summed E-state index contributed by atoms with van der Waals surface area (Å²) in [7, 11) is -0.887. The minimum absolute atomic E-state index is 0. The van der Waals surface area contributed by atoms with E-state index in [4.69, 9.17) is 0 Å². The van der Waals surface area contributed by atoms with Crippen molar-refractivity contribution >= 4 is 22.2 Å². The van der Waals surface area contributed by atoms with Crippen LogP contribution >= 0.6 is 7.26 Å². The molecular weight excluding hydrogens is 541 g/mol. The number of rotatable bonds is 14. The second kappa shape index (κ2) is 15.8. The molecule has 28 heavy (non-hydrogen) atoms. The van der Waals surface area contributed by atoms with Gasteiger partial charge in [-0.05, 0) is 0 Å². The molecule has 0 saturated heterocycles. The summed E-state index contributed by atoms with van der Waals surface area (Å²) in [5.74, 6) is 0. The van der Waals surface area contributed by atoms with Gasteiger partial charge in [-0.3, -0.25) is 0 Å². The molecule has 5 heteroatoms. The minimum atomic E-state index is -0.887. The number of hydrogen-bond acceptors (Lipinski definition) is 2. The second-order valence-corrected chi connectivity index (χ2v) is 14.8. The van der Waals surface area contributed by atoms with Crippen molar-refractivity contribution in [3.05, 3.63) is 60.2 Å². The van der Waals surface area contributed by atoms with Crippen molar-refractivity contribution in [2.24, 2.45) is 0 Å². The van der Waals surface area contributed by atoms with E-state index < -0.39 is 7.26 Å². The predicted molar refractivity (Wildman–Crippen MR) is 123 cm³/mol. The molecule has 2 aromatic heterocycles. The maximum absolute atomic E-state index is 4.16. The number of nitrogens with zero attached hydrogens (tertiary/aromatic N) is 2. The van der Waals surface area contributed by atoms with Gasteiger partial charge >= 0.3 is 174 Å². The van der Waals surface area contributed by atoms with Crippen LogP contribution in [0.1, 0.15) is 43.7 Å². The summed E-state index contributed by atoms with van der Waals surface area (Å²) in [6.07, 6.45) is 20.1. The molecule has 0 atom stereocenters. The Kier molecular flexibility index (Phi) is 14.7. The monoisotopic (exact) mass is 578 g/mol. The van der Waals surface area contributed by atoms with Gasteiger partial charge in [0.2, 0.25) is 0 Å². The normalized spacial score (nSPS) is 11.2. The molecular formula is C23H36IN2PSe. The third-order valence-electron chi connectivity index (χ3n) is 5.30. The van der Waals surface area contributed by atoms with Crippen LogP contribution in [0.5, 0.6) is 0 Å². The van der Waals surface area contributed by atoms with Crippen LogP contribution in [0.15, 0.2) is 49.1 Å². The minimum Gasteiger partial charge on any atom is -1.00 e. The van der Waals surface area contributed by atoms with Gasteiger partial charge in [-0.2, -0.15) is 0 Å². The fourth-order valence-electron chi connectivity index (χ4n) is 3.25. The number of pyridine rings is 2. The molecule has 156 valence electrons. The van der Waals surface area contributed by atoms with E-state index in [0.29, 0.717) is 0 Å². The van der Waals surface area contributed by atoms with Crippen LogP contribution in [0, 0.1) is 0 Å². The number of hydrogen-bond donors (Lipinski definition) is 0. The number of unbranched alkanes of at least 4 members (excludes halogenated alkanes) is 3. The van der Waals surface area contributed by atoms with Gasteiger partial charge in [0.25, 0.3) is 0 Å². The summed E-state index contributed by atoms with van der Waals surface area (Å²) in [5, 5.41) is 2.97. The number of aromatic nitrogens is 2. The van der Waals surface area contributed by atoms with Crippen molar-refractivity contribution in [1.29, 1.82) is 0 Å². The number of halogens is 1. The molecule has 0 aliphatic rings. The van der Waals surface area contributed by atoms with Gasteiger partial charge in [0, 0.05) is 0 Å². The first-order valence-corrected chi connectivity index (χ1v) is 15.6. The first-order chi connectivity index (χ1) is 13.2. The van der Waals surface area contributed by atoms with Crippen LogP contribution in [-0.4, -0.2) is 50.1 Å². The molecule has 2 rings (SSSR count). The van der Waals surface area contributed by atoms with Gasteiger partial charge in [0.1, 0.15) is 0 Å². The van der Waals surface area contributed by atoms with Crippen molar-refractivity contribution in [2.75, 3.05) is 25.2 Å². The molecule has 0 aliphatic heterocycles. The maximum Gasteiger partial charge on any atom is -1.00 e. The van der Waals surface area contributed by atoms with Crippen LogP contribution in [0.3, 0.4) is 0 Å². The Bertz CT molecular complexity index is 569. The van der Waals surface area contributed by atoms with E-state index in [-0.39, 0.29) is 24.0 Å². The molecule has 0 fully saturated rings. The van der Waals surface area contributed by atoms with E-state index in [9.17, 15) is 0 Å². The van der Waals surface area contributed by atoms with Gasteiger partial charge in [0.15, 0.2) is 0 Å². The van der Waals surface area contributed by atoms with Crippen LogP contribution < -0.4 is 24.0 Å². The van der Waals surface area contributed by atoms with Crippen LogP contribution in [-0.2, 0) is 12.8 Å². The molecule has 0 saturated carbocycles. The molecule has 0 radical (unpaired) electrons. The third-order valence-corrected chi connectivity index (χ3v) is 12.1. The molecule has 2 aromatic rings. The first-order valence-electron chi connectivity index (χ1n) is 10.4. The topological polar surface area (TPSA) is 25.8 Å². The average Bonchev–Trinajstić information content (AvgIpc) is 2.72. The Balaban J connectivity index is 0.00000392. The fourth-order valence-corrected chi connectivity index (χ4v) is 11.0. The Hall–Kier alpha value is -0.0205. The van der Waals surface area contributed by atoms with E-state index in [1.54, 1.807) is 0 Å². The molecule has 0 aromatic carbocycles. The zero-order valence-electron chi connectivity index (χ0n) is 17.5. The maximum atomic E-state index is 4.16. The van der Waals surface area contributed by atoms with Crippen molar-refractivity contribution in [3.63, 3.8) is 0 Å². The summed E-state index contributed by atoms with van der Waals surface area (Å²) in [4.78, 5) is 8.33. The van der Waals surface area contributed by atoms with Gasteiger partial charge in [0.05, 0.1) is 0 Å². The first kappa shape index (κ1) is 26.0. The van der Waals surface area contributed by atoms with Crippen LogP contribution in [0.25, 0.3) is 0 Å². The Morgan fingerprint density at radius 1 is 0.750 bits per heavy atom. The Labute approximate surface area is 196 Å². The van der Waals surface area contributed by atoms with E-state index in [0.717, 1.165) is 15.0 Å². The van der Waals surface area contributed by atoms with Crippen molar-refractivity contribution in [2.45, 2.75) is 56.1 Å². The van der Waals surface area contributed by atoms with Crippen LogP contribution in [0.2, 0.25) is 10.6 Å². The molecule has 0 aliphatic carbocycles. The van der Waals surface area contributed by atoms with E-state index in [1.165, 1.54) is 78.8 Å². The standard InChI is InChI=1S/C23H36N2PSe.HI/c1-3-4-5-6-20-27-21-19-26(2,17-11-22-7-13-24-14-8-22)18-12-23-9-15-25-16-10-23;/h7-10,13-16H,3-6,11-12,17-21H2,1-2H3;1H/q+1;/p-1. The van der Waals surface area contributed by atoms with E-state index in [2.05, 4.69) is 47.8 Å². The zero-order valence-corrected chi connectivity index (χ0v) is 22.3. The Morgan fingerprint density at radius 3 is 1.79 bits per heavy atom. The molecule has 0 spiro atoms. The predicted octanol–water partition coefficient (Wildman–Crippen LogP) is 3.03. The van der Waals surface area contributed by atoms with E-state index >= 15 is 0 Å². The number of aryl methyl sites for hydroxylation is 2. The smallest absolute Gasteiger partial charge is 1.00 e. The van der Waals surface area contributed by atoms with Crippen molar-refractivity contribution in [1.82, 2.24) is 9.97 Å². The van der Waals surface area contributed by atoms with Gasteiger partial charge < -0.3 is 24.0 Å². The summed E-state index contributed by atoms with van der Waals surface area (Å²) < 4.78 is 0. The molecule has 0 bridgehead atoms. The second-order valence-electron chi connectivity index (χ2n) is 7.67. The Morgan fingerprint density at radius 2 is 1.29 bits per heavy atom. The van der Waals surface area contributed by atoms with Gasteiger partial charge in [-0.15, -0.1) is 0 Å². The molecule has 2 nitrogen and oxygen atoms in total. The summed E-state index contributed by atoms with van der Waals surface area (Å²) in [5.41, 5.74) is 2.90. The zero-order chi connectivity index (χ0) is 19.2. The SMILES string of the molecule is CCCCCC[Se]CC[P+](C)(CCc1ccncc1)CCc1ccncc1.[I-]. The van der Waals surface area contributed by atoms with Crippen molar-refractivity contribution in [3.8, 4) is 0 Å². The van der Waals surface area contributed by atoms with Gasteiger partial charge in [-0.1, -0.05) is 0 Å². The fraction of sp³-hybridized carbons (Fsp3) is 0.565. The van der Waals surface area contributed by atoms with Crippen molar-refractivity contribution < 1.29 is 24.0 Å². The summed E-state index contributed by atoms with van der Waals surface area (Å²) in [6, 6.07) is 8.74. The largest absolute Gasteiger partial charge is 1.00 e. The van der Waals surface area contributed by atoms with Gasteiger partial charge in [-0.25, -0.2) is 0 Å². The summed E-state index contributed by atoms with van der Waals surface area (Å²) in [6.45, 7) is 4.93. The summed E-state index contributed by atoms with van der Waals surface area (Å²) >= 11 is 0.850. The van der Waals surface area contributed by atoms with E-state index in [1.807, 2.05) is 24.8 Å². The quantitative estimate of drug-likeness (QED) is 0.150. The molecule has 0 amide bonds.